The molecule has 4 heteroatoms. The summed E-state index contributed by atoms with van der Waals surface area (Å²) in [4.78, 5) is 5.50. The molecule has 0 N–H and O–H groups in total. The van der Waals surface area contributed by atoms with Crippen molar-refractivity contribution in [3.05, 3.63) is 172 Å². The molecule has 0 radical (unpaired) electrons. The molecule has 0 saturated heterocycles. The summed E-state index contributed by atoms with van der Waals surface area (Å²) in [5, 5.41) is 2.66. The smallest absolute Gasteiger partial charge is 0.247 e. The van der Waals surface area contributed by atoms with Gasteiger partial charge in [0.25, 0.3) is 0 Å². The molecular formula is C73H86BN3. The number of fused-ring (bicyclic) bond motifs is 10. The zero-order chi connectivity index (χ0) is 55.1. The van der Waals surface area contributed by atoms with Crippen molar-refractivity contribution in [1.29, 1.82) is 0 Å². The first-order valence-electron chi connectivity index (χ1n) is 29.3. The third kappa shape index (κ3) is 7.70. The molecule has 0 amide bonds. The van der Waals surface area contributed by atoms with Gasteiger partial charge in [-0.15, -0.1) is 0 Å². The Hall–Kier alpha value is -6.00. The van der Waals surface area contributed by atoms with Gasteiger partial charge in [0.1, 0.15) is 0 Å². The minimum absolute atomic E-state index is 0.00472. The molecular weight excluding hydrogens is 930 g/mol. The van der Waals surface area contributed by atoms with E-state index in [0.29, 0.717) is 0 Å². The van der Waals surface area contributed by atoms with Gasteiger partial charge in [0.2, 0.25) is 6.71 Å². The first-order valence-corrected chi connectivity index (χ1v) is 29.3. The molecule has 396 valence electrons. The fourth-order valence-corrected chi connectivity index (χ4v) is 14.7. The van der Waals surface area contributed by atoms with Crippen LogP contribution in [0.4, 0.5) is 28.4 Å². The van der Waals surface area contributed by atoms with Crippen LogP contribution in [-0.2, 0) is 37.9 Å². The molecule has 1 aliphatic carbocycles. The fourth-order valence-electron chi connectivity index (χ4n) is 14.7. The molecule has 0 bridgehead atoms. The van der Waals surface area contributed by atoms with Crippen LogP contribution in [-0.4, -0.2) is 16.8 Å². The molecule has 2 atom stereocenters. The number of rotatable bonds is 3. The molecule has 1 fully saturated rings. The van der Waals surface area contributed by atoms with Crippen molar-refractivity contribution in [2.45, 2.75) is 201 Å². The van der Waals surface area contributed by atoms with Crippen molar-refractivity contribution < 1.29 is 0 Å². The van der Waals surface area contributed by atoms with Gasteiger partial charge in [0.05, 0.1) is 16.6 Å². The lowest BCUT2D eigenvalue weighted by atomic mass is 9.29. The highest BCUT2D eigenvalue weighted by Gasteiger charge is 2.59. The number of nitrogens with zero attached hydrogens (tertiary/aromatic N) is 3. The number of hydrogen-bond acceptors (Lipinski definition) is 2. The fraction of sp³-hybridized carbons (Fsp3) is 0.425. The molecule has 1 aromatic heterocycles. The molecule has 0 spiro atoms. The number of benzene rings is 7. The first-order chi connectivity index (χ1) is 35.8. The molecule has 7 aromatic carbocycles. The second-order valence-corrected chi connectivity index (χ2v) is 30.3. The van der Waals surface area contributed by atoms with E-state index in [1.165, 1.54) is 136 Å². The summed E-state index contributed by atoms with van der Waals surface area (Å²) in [6.45, 7) is 45.5. The highest BCUT2D eigenvalue weighted by molar-refractivity contribution is 6.99. The lowest BCUT2D eigenvalue weighted by Gasteiger charge is -2.50. The van der Waals surface area contributed by atoms with Gasteiger partial charge in [0.15, 0.2) is 0 Å². The van der Waals surface area contributed by atoms with Crippen LogP contribution in [0.25, 0.3) is 27.5 Å². The average Bonchev–Trinajstić information content (AvgIpc) is 3.89. The molecule has 1 saturated carbocycles. The minimum atomic E-state index is -0.320. The van der Waals surface area contributed by atoms with Crippen molar-refractivity contribution in [1.82, 2.24) is 4.57 Å². The Balaban J connectivity index is 1.20. The largest absolute Gasteiger partial charge is 0.334 e. The summed E-state index contributed by atoms with van der Waals surface area (Å²) in [7, 11) is 0. The van der Waals surface area contributed by atoms with E-state index < -0.39 is 0 Å². The SMILES string of the molecule is CC(C)(C)c1ccc(N2c3cc4c(cc3B3c5cc6c7cc(C(C)(C)C)ccc7n(-c7ccc(C(C)(C)C)cc7)c6cc5C(C)(C)c5cc(C(C)(C)C)cc2c53)C2(C)CCCCC2(C)N4c2ccc(C(C)(C)C)cc2)cc1. The molecule has 77 heavy (non-hydrogen) atoms. The number of aromatic nitrogens is 1. The number of hydrogen-bond donors (Lipinski definition) is 0. The van der Waals surface area contributed by atoms with Gasteiger partial charge in [-0.05, 0) is 169 Å². The topological polar surface area (TPSA) is 11.4 Å². The van der Waals surface area contributed by atoms with Crippen LogP contribution in [0.2, 0.25) is 0 Å². The molecule has 3 aliphatic heterocycles. The summed E-state index contributed by atoms with van der Waals surface area (Å²) in [6, 6.07) is 52.0. The molecule has 4 aliphatic rings. The summed E-state index contributed by atoms with van der Waals surface area (Å²) in [5.41, 5.74) is 25.4. The maximum Gasteiger partial charge on any atom is 0.247 e. The van der Waals surface area contributed by atoms with Gasteiger partial charge in [-0.2, -0.15) is 0 Å². The van der Waals surface area contributed by atoms with Gasteiger partial charge >= 0.3 is 0 Å². The van der Waals surface area contributed by atoms with Crippen molar-refractivity contribution in [3.8, 4) is 5.69 Å². The molecule has 3 nitrogen and oxygen atoms in total. The summed E-state index contributed by atoms with van der Waals surface area (Å²) >= 11 is 0. The van der Waals surface area contributed by atoms with Gasteiger partial charge in [0, 0.05) is 55.7 Å². The van der Waals surface area contributed by atoms with Crippen LogP contribution >= 0.6 is 0 Å². The Kier molecular flexibility index (Phi) is 11.1. The van der Waals surface area contributed by atoms with E-state index in [1.807, 2.05) is 0 Å². The first kappa shape index (κ1) is 51.7. The van der Waals surface area contributed by atoms with Crippen molar-refractivity contribution in [2.75, 3.05) is 9.80 Å². The second-order valence-electron chi connectivity index (χ2n) is 30.3. The highest BCUT2D eigenvalue weighted by atomic mass is 15.3. The summed E-state index contributed by atoms with van der Waals surface area (Å²) < 4.78 is 2.57. The number of anilines is 5. The van der Waals surface area contributed by atoms with E-state index in [-0.39, 0.29) is 50.2 Å². The van der Waals surface area contributed by atoms with Crippen LogP contribution in [0.15, 0.2) is 127 Å². The second kappa shape index (κ2) is 16.5. The van der Waals surface area contributed by atoms with Crippen molar-refractivity contribution in [3.63, 3.8) is 0 Å². The maximum atomic E-state index is 2.80. The predicted octanol–water partition coefficient (Wildman–Crippen LogP) is 18.0. The zero-order valence-corrected chi connectivity index (χ0v) is 50.4. The van der Waals surface area contributed by atoms with Crippen LogP contribution in [0.3, 0.4) is 0 Å². The third-order valence-corrected chi connectivity index (χ3v) is 19.8. The Morgan fingerprint density at radius 1 is 0.390 bits per heavy atom. The van der Waals surface area contributed by atoms with Gasteiger partial charge in [-0.25, -0.2) is 0 Å². The van der Waals surface area contributed by atoms with E-state index >= 15 is 0 Å². The molecule has 4 heterocycles. The van der Waals surface area contributed by atoms with Crippen LogP contribution in [0, 0.1) is 0 Å². The highest BCUT2D eigenvalue weighted by Crippen LogP contribution is 2.62. The molecule has 2 unspecified atom stereocenters. The molecule has 12 rings (SSSR count). The third-order valence-electron chi connectivity index (χ3n) is 19.8. The Morgan fingerprint density at radius 3 is 1.45 bits per heavy atom. The van der Waals surface area contributed by atoms with Crippen molar-refractivity contribution in [2.24, 2.45) is 0 Å². The van der Waals surface area contributed by atoms with Gasteiger partial charge < -0.3 is 14.4 Å². The molecule has 8 aromatic rings. The van der Waals surface area contributed by atoms with Crippen LogP contribution < -0.4 is 26.2 Å². The van der Waals surface area contributed by atoms with E-state index in [1.54, 1.807) is 0 Å². The van der Waals surface area contributed by atoms with Gasteiger partial charge in [-0.1, -0.05) is 204 Å². The lowest BCUT2D eigenvalue weighted by molar-refractivity contribution is 0.195. The van der Waals surface area contributed by atoms with Crippen molar-refractivity contribution >= 4 is 73.3 Å². The van der Waals surface area contributed by atoms with Crippen LogP contribution in [0.5, 0.6) is 0 Å². The normalized spacial score (nSPS) is 20.1. The van der Waals surface area contributed by atoms with Crippen LogP contribution in [0.1, 0.15) is 202 Å². The monoisotopic (exact) mass is 1020 g/mol. The average molecular weight is 1020 g/mol. The summed E-state index contributed by atoms with van der Waals surface area (Å²) in [5.74, 6) is 0. The minimum Gasteiger partial charge on any atom is -0.334 e. The van der Waals surface area contributed by atoms with E-state index in [4.69, 9.17) is 0 Å². The van der Waals surface area contributed by atoms with Gasteiger partial charge in [-0.3, -0.25) is 0 Å². The standard InChI is InChI=1S/C73H86BN3/c1-66(2,3)45-22-29-50(30-23-45)75-60-35-28-48(69(10,11)12)38-53(60)54-41-58-55(43-61(54)75)71(16,17)57-39-49(70(13,14)15)40-64-65(57)74(58)59-42-56-62(44-63(59)76(64)51-31-24-46(25-32-51)67(4,5)6)77(73(19)37-21-20-36-72(56,73)18)52-33-26-47(27-34-52)68(7,8)9/h22-35,38-44H,20-21,36-37H2,1-19H3. The van der Waals surface area contributed by atoms with E-state index in [0.717, 1.165) is 6.42 Å². The Morgan fingerprint density at radius 2 is 0.896 bits per heavy atom. The Labute approximate surface area is 463 Å². The summed E-state index contributed by atoms with van der Waals surface area (Å²) in [6.07, 6.45) is 4.80. The Bertz CT molecular complexity index is 3700. The maximum absolute atomic E-state index is 2.80. The van der Waals surface area contributed by atoms with E-state index in [9.17, 15) is 0 Å². The lowest BCUT2D eigenvalue weighted by Crippen LogP contribution is -2.64. The zero-order valence-electron chi connectivity index (χ0n) is 50.4. The predicted molar refractivity (Wildman–Crippen MR) is 335 cm³/mol. The quantitative estimate of drug-likeness (QED) is 0.163. The van der Waals surface area contributed by atoms with E-state index in [2.05, 4.69) is 273 Å².